The molecule has 1 aliphatic heterocycles. The van der Waals surface area contributed by atoms with Crippen LogP contribution in [0, 0.1) is 0 Å². The lowest BCUT2D eigenvalue weighted by molar-refractivity contribution is -0.120. The Balaban J connectivity index is 2.51. The number of guanidine groups is 1. The molecule has 0 aromatic heterocycles. The lowest BCUT2D eigenvalue weighted by Gasteiger charge is -2.21. The van der Waals surface area contributed by atoms with Gasteiger partial charge in [0.15, 0.2) is 11.5 Å². The summed E-state index contributed by atoms with van der Waals surface area (Å²) in [5, 5.41) is 0.554. The van der Waals surface area contributed by atoms with Gasteiger partial charge < -0.3 is 5.73 Å². The van der Waals surface area contributed by atoms with Gasteiger partial charge in [0.05, 0.1) is 5.69 Å². The van der Waals surface area contributed by atoms with Gasteiger partial charge in [-0.1, -0.05) is 11.6 Å². The molecule has 102 valence electrons. The summed E-state index contributed by atoms with van der Waals surface area (Å²) < 4.78 is 0. The third kappa shape index (κ3) is 2.72. The number of halogens is 1. The molecule has 0 atom stereocenters. The lowest BCUT2D eigenvalue weighted by atomic mass is 10.2. The number of nitrogens with two attached hydrogens (primary N) is 1. The Morgan fingerprint density at radius 1 is 1.35 bits per heavy atom. The van der Waals surface area contributed by atoms with Gasteiger partial charge in [-0.2, -0.15) is 4.99 Å². The molecule has 0 unspecified atom stereocenters. The van der Waals surface area contributed by atoms with Crippen molar-refractivity contribution in [2.45, 2.75) is 0 Å². The molecule has 20 heavy (non-hydrogen) atoms. The lowest BCUT2D eigenvalue weighted by Crippen LogP contribution is -2.49. The van der Waals surface area contributed by atoms with Gasteiger partial charge in [0.2, 0.25) is 12.4 Å². The molecule has 7 nitrogen and oxygen atoms in total. The van der Waals surface area contributed by atoms with Crippen molar-refractivity contribution >= 4 is 47.1 Å². The van der Waals surface area contributed by atoms with E-state index in [0.29, 0.717) is 10.7 Å². The smallest absolute Gasteiger partial charge is 0.282 e. The Morgan fingerprint density at radius 2 is 2.00 bits per heavy atom. The van der Waals surface area contributed by atoms with Crippen molar-refractivity contribution < 1.29 is 9.59 Å². The molecule has 0 saturated heterocycles. The van der Waals surface area contributed by atoms with Crippen LogP contribution in [0.25, 0.3) is 0 Å². The fourth-order valence-corrected chi connectivity index (χ4v) is 1.60. The van der Waals surface area contributed by atoms with Crippen LogP contribution >= 0.6 is 11.6 Å². The summed E-state index contributed by atoms with van der Waals surface area (Å²) >= 11 is 5.77. The van der Waals surface area contributed by atoms with Gasteiger partial charge in [-0.15, -0.1) is 0 Å². The van der Waals surface area contributed by atoms with Crippen molar-refractivity contribution in [1.82, 2.24) is 4.90 Å². The van der Waals surface area contributed by atoms with E-state index in [9.17, 15) is 9.59 Å². The van der Waals surface area contributed by atoms with Crippen molar-refractivity contribution in [3.05, 3.63) is 29.3 Å². The second-order valence-corrected chi connectivity index (χ2v) is 4.27. The molecule has 2 rings (SSSR count). The van der Waals surface area contributed by atoms with Gasteiger partial charge >= 0.3 is 0 Å². The second-order valence-electron chi connectivity index (χ2n) is 3.83. The van der Waals surface area contributed by atoms with Crippen molar-refractivity contribution in [2.24, 2.45) is 20.7 Å². The first-order chi connectivity index (χ1) is 9.52. The van der Waals surface area contributed by atoms with Crippen molar-refractivity contribution in [2.75, 3.05) is 7.05 Å². The maximum absolute atomic E-state index is 12.0. The van der Waals surface area contributed by atoms with Crippen LogP contribution in [-0.4, -0.2) is 41.8 Å². The molecule has 0 saturated carbocycles. The molecule has 0 spiro atoms. The minimum atomic E-state index is -0.544. The van der Waals surface area contributed by atoms with Crippen molar-refractivity contribution in [1.29, 1.82) is 0 Å². The summed E-state index contributed by atoms with van der Waals surface area (Å²) in [6.45, 7) is 0. The molecule has 0 aliphatic carbocycles. The zero-order valence-electron chi connectivity index (χ0n) is 10.4. The number of aliphatic imine (C=N–C) groups is 3. The van der Waals surface area contributed by atoms with Gasteiger partial charge in [0.25, 0.3) is 5.91 Å². The van der Waals surface area contributed by atoms with Crippen LogP contribution in [0.3, 0.4) is 0 Å². The third-order valence-corrected chi connectivity index (χ3v) is 2.78. The Labute approximate surface area is 119 Å². The summed E-state index contributed by atoms with van der Waals surface area (Å²) in [4.78, 5) is 35.2. The van der Waals surface area contributed by atoms with E-state index < -0.39 is 5.91 Å². The third-order valence-electron chi connectivity index (χ3n) is 2.53. The van der Waals surface area contributed by atoms with E-state index in [1.54, 1.807) is 24.3 Å². The van der Waals surface area contributed by atoms with Crippen LogP contribution in [0.15, 0.2) is 39.2 Å². The second kappa shape index (κ2) is 5.62. The van der Waals surface area contributed by atoms with E-state index in [1.165, 1.54) is 7.05 Å². The summed E-state index contributed by atoms with van der Waals surface area (Å²) in [5.74, 6) is -0.579. The highest BCUT2D eigenvalue weighted by atomic mass is 35.5. The summed E-state index contributed by atoms with van der Waals surface area (Å²) in [5.41, 5.74) is 5.96. The molecular weight excluding hydrogens is 282 g/mol. The van der Waals surface area contributed by atoms with Crippen LogP contribution < -0.4 is 5.73 Å². The van der Waals surface area contributed by atoms with Crippen LogP contribution in [0.4, 0.5) is 5.69 Å². The van der Waals surface area contributed by atoms with Gasteiger partial charge in [0.1, 0.15) is 0 Å². The SMILES string of the molecule is CN1C(=O)C(=NC=O)C(=Nc2ccc(Cl)cc2)N=C1N. The average Bonchev–Trinajstić information content (AvgIpc) is 2.43. The highest BCUT2D eigenvalue weighted by molar-refractivity contribution is 6.70. The van der Waals surface area contributed by atoms with E-state index in [1.807, 2.05) is 0 Å². The molecule has 2 amide bonds. The molecule has 8 heteroatoms. The number of amides is 2. The largest absolute Gasteiger partial charge is 0.369 e. The first-order valence-corrected chi connectivity index (χ1v) is 5.89. The quantitative estimate of drug-likeness (QED) is 0.814. The van der Waals surface area contributed by atoms with Crippen molar-refractivity contribution in [3.8, 4) is 0 Å². The summed E-state index contributed by atoms with van der Waals surface area (Å²) in [6, 6.07) is 6.56. The Bertz CT molecular complexity index is 648. The zero-order chi connectivity index (χ0) is 14.7. The van der Waals surface area contributed by atoms with Crippen LogP contribution in [0.2, 0.25) is 5.02 Å². The fourth-order valence-electron chi connectivity index (χ4n) is 1.48. The molecule has 1 aromatic rings. The number of nitrogens with zero attached hydrogens (tertiary/aromatic N) is 4. The predicted octanol–water partition coefficient (Wildman–Crippen LogP) is 0.754. The summed E-state index contributed by atoms with van der Waals surface area (Å²) in [6.07, 6.45) is 0.259. The van der Waals surface area contributed by atoms with Crippen LogP contribution in [-0.2, 0) is 9.59 Å². The molecule has 2 N–H and O–H groups in total. The fraction of sp³-hybridized carbons (Fsp3) is 0.0833. The Hall–Kier alpha value is -2.54. The van der Waals surface area contributed by atoms with E-state index in [4.69, 9.17) is 17.3 Å². The molecule has 1 aliphatic rings. The number of rotatable bonds is 2. The average molecular weight is 292 g/mol. The molecule has 0 radical (unpaired) electrons. The van der Waals surface area contributed by atoms with Gasteiger partial charge in [-0.3, -0.25) is 14.5 Å². The van der Waals surface area contributed by atoms with Crippen LogP contribution in [0.1, 0.15) is 0 Å². The standard InChI is InChI=1S/C12H10ClN5O2/c1-18-11(20)9(15-6-19)10(17-12(18)14)16-8-4-2-7(13)3-5-8/h2-6H,1H3,(H2,14,16,17). The van der Waals surface area contributed by atoms with Crippen molar-refractivity contribution in [3.63, 3.8) is 0 Å². The normalized spacial score (nSPS) is 19.4. The van der Waals surface area contributed by atoms with Gasteiger partial charge in [-0.25, -0.2) is 9.98 Å². The molecule has 0 fully saturated rings. The maximum atomic E-state index is 12.0. The molecule has 0 bridgehead atoms. The minimum absolute atomic E-state index is 0.0139. The zero-order valence-corrected chi connectivity index (χ0v) is 11.2. The number of hydrogen-bond acceptors (Lipinski definition) is 4. The molecular formula is C12H10ClN5O2. The number of carbonyl (C=O) groups is 2. The Morgan fingerprint density at radius 3 is 2.60 bits per heavy atom. The topological polar surface area (TPSA) is 100 Å². The number of carbonyl (C=O) groups excluding carboxylic acids is 2. The van der Waals surface area contributed by atoms with E-state index in [0.717, 1.165) is 4.90 Å². The first-order valence-electron chi connectivity index (χ1n) is 5.51. The number of hydrogen-bond donors (Lipinski definition) is 1. The van der Waals surface area contributed by atoms with E-state index in [-0.39, 0.29) is 23.9 Å². The van der Waals surface area contributed by atoms with E-state index in [2.05, 4.69) is 15.0 Å². The van der Waals surface area contributed by atoms with Gasteiger partial charge in [-0.05, 0) is 24.3 Å². The molecule has 1 heterocycles. The minimum Gasteiger partial charge on any atom is -0.369 e. The number of benzene rings is 1. The summed E-state index contributed by atoms with van der Waals surface area (Å²) in [7, 11) is 1.43. The first kappa shape index (κ1) is 13.9. The van der Waals surface area contributed by atoms with Crippen LogP contribution in [0.5, 0.6) is 0 Å². The monoisotopic (exact) mass is 291 g/mol. The van der Waals surface area contributed by atoms with E-state index >= 15 is 0 Å². The highest BCUT2D eigenvalue weighted by Gasteiger charge is 2.29. The Kier molecular flexibility index (Phi) is 3.90. The molecule has 1 aromatic carbocycles. The highest BCUT2D eigenvalue weighted by Crippen LogP contribution is 2.17. The van der Waals surface area contributed by atoms with Gasteiger partial charge in [0, 0.05) is 12.1 Å². The maximum Gasteiger partial charge on any atom is 0.282 e. The predicted molar refractivity (Wildman–Crippen MR) is 76.4 cm³/mol. The number of amidine groups is 1.